The van der Waals surface area contributed by atoms with Gasteiger partial charge in [0.1, 0.15) is 10.7 Å². The molecule has 0 aliphatic carbocycles. The Labute approximate surface area is 153 Å². The van der Waals surface area contributed by atoms with Gasteiger partial charge in [0.25, 0.3) is 10.0 Å². The van der Waals surface area contributed by atoms with E-state index >= 15 is 0 Å². The number of nitrogens with one attached hydrogen (secondary N) is 1. The van der Waals surface area contributed by atoms with Crippen LogP contribution in [0.4, 0.5) is 16.0 Å². The van der Waals surface area contributed by atoms with E-state index in [1.54, 1.807) is 18.3 Å². The van der Waals surface area contributed by atoms with Crippen LogP contribution in [0.2, 0.25) is 0 Å². The van der Waals surface area contributed by atoms with Crippen LogP contribution in [0.3, 0.4) is 0 Å². The van der Waals surface area contributed by atoms with Crippen LogP contribution in [0, 0.1) is 5.82 Å². The predicted octanol–water partition coefficient (Wildman–Crippen LogP) is 2.31. The predicted molar refractivity (Wildman–Crippen MR) is 97.8 cm³/mol. The molecule has 8 nitrogen and oxygen atoms in total. The smallest absolute Gasteiger partial charge is 0.263 e. The number of nitrogen functional groups attached to an aromatic ring is 1. The fourth-order valence-corrected chi connectivity index (χ4v) is 3.60. The summed E-state index contributed by atoms with van der Waals surface area (Å²) in [6.07, 6.45) is 4.42. The molecule has 0 saturated carbocycles. The normalized spacial score (nSPS) is 11.6. The maximum atomic E-state index is 13.3. The highest BCUT2D eigenvalue weighted by Crippen LogP contribution is 2.23. The number of nitrogens with two attached hydrogens (primary N) is 1. The Kier molecular flexibility index (Phi) is 3.96. The van der Waals surface area contributed by atoms with Crippen molar-refractivity contribution in [2.75, 3.05) is 10.5 Å². The van der Waals surface area contributed by atoms with Crippen LogP contribution in [0.25, 0.3) is 16.8 Å². The van der Waals surface area contributed by atoms with Gasteiger partial charge < -0.3 is 5.73 Å². The van der Waals surface area contributed by atoms with Gasteiger partial charge >= 0.3 is 0 Å². The molecule has 3 heterocycles. The van der Waals surface area contributed by atoms with Crippen LogP contribution in [0.15, 0.2) is 66.0 Å². The maximum absolute atomic E-state index is 13.3. The molecular formula is C17H13FN6O2S. The average molecular weight is 384 g/mol. The third-order valence-corrected chi connectivity index (χ3v) is 5.13. The number of benzene rings is 1. The minimum Gasteiger partial charge on any atom is -0.366 e. The lowest BCUT2D eigenvalue weighted by Gasteiger charge is -2.09. The monoisotopic (exact) mass is 384 g/mol. The molecule has 0 unspecified atom stereocenters. The molecule has 10 heteroatoms. The molecule has 136 valence electrons. The highest BCUT2D eigenvalue weighted by Gasteiger charge is 2.16. The van der Waals surface area contributed by atoms with Crippen molar-refractivity contribution < 1.29 is 12.8 Å². The van der Waals surface area contributed by atoms with Crippen LogP contribution in [-0.2, 0) is 10.0 Å². The fourth-order valence-electron chi connectivity index (χ4n) is 2.56. The molecule has 0 amide bonds. The van der Waals surface area contributed by atoms with E-state index in [2.05, 4.69) is 19.8 Å². The van der Waals surface area contributed by atoms with Gasteiger partial charge in [-0.25, -0.2) is 17.3 Å². The van der Waals surface area contributed by atoms with Gasteiger partial charge in [-0.3, -0.25) is 9.71 Å². The van der Waals surface area contributed by atoms with Gasteiger partial charge in [0.15, 0.2) is 5.65 Å². The first-order chi connectivity index (χ1) is 12.9. The molecule has 0 bridgehead atoms. The van der Waals surface area contributed by atoms with Crippen molar-refractivity contribution in [2.45, 2.75) is 4.90 Å². The van der Waals surface area contributed by atoms with E-state index in [1.165, 1.54) is 41.2 Å². The molecule has 0 aliphatic rings. The summed E-state index contributed by atoms with van der Waals surface area (Å²) < 4.78 is 42.3. The summed E-state index contributed by atoms with van der Waals surface area (Å²) >= 11 is 0. The van der Waals surface area contributed by atoms with Crippen molar-refractivity contribution in [3.63, 3.8) is 0 Å². The second kappa shape index (κ2) is 6.32. The van der Waals surface area contributed by atoms with Crippen molar-refractivity contribution in [3.8, 4) is 11.1 Å². The zero-order valence-electron chi connectivity index (χ0n) is 13.7. The summed E-state index contributed by atoms with van der Waals surface area (Å²) in [6.45, 7) is 0. The molecule has 0 atom stereocenters. The first-order valence-electron chi connectivity index (χ1n) is 7.76. The van der Waals surface area contributed by atoms with Gasteiger partial charge in [0, 0.05) is 29.7 Å². The summed E-state index contributed by atoms with van der Waals surface area (Å²) in [5.74, 6) is -0.400. The molecule has 4 aromatic rings. The lowest BCUT2D eigenvalue weighted by atomic mass is 10.1. The largest absolute Gasteiger partial charge is 0.366 e. The third-order valence-electron chi connectivity index (χ3n) is 3.78. The molecule has 0 spiro atoms. The number of aromatic nitrogens is 4. The van der Waals surface area contributed by atoms with Crippen molar-refractivity contribution in [2.24, 2.45) is 0 Å². The molecule has 0 radical (unpaired) electrons. The number of sulfonamides is 1. The van der Waals surface area contributed by atoms with E-state index in [0.717, 1.165) is 6.07 Å². The molecule has 0 fully saturated rings. The van der Waals surface area contributed by atoms with Crippen molar-refractivity contribution in [1.29, 1.82) is 0 Å². The minimum absolute atomic E-state index is 0.0533. The number of hydrogen-bond acceptors (Lipinski definition) is 6. The first kappa shape index (κ1) is 16.9. The van der Waals surface area contributed by atoms with E-state index in [-0.39, 0.29) is 16.5 Å². The van der Waals surface area contributed by atoms with Crippen LogP contribution < -0.4 is 10.5 Å². The Balaban J connectivity index is 1.70. The van der Waals surface area contributed by atoms with Gasteiger partial charge in [-0.15, -0.1) is 5.10 Å². The average Bonchev–Trinajstić information content (AvgIpc) is 3.00. The van der Waals surface area contributed by atoms with Gasteiger partial charge in [0.05, 0.1) is 5.69 Å². The standard InChI is InChI=1S/C17H13FN6O2S/c18-13-2-1-3-14(7-13)23-27(25,26)15-6-12(8-20-9-15)11-4-5-16-21-17(19)22-24(16)10-11/h1-10,23H,(H2,19,22). The van der Waals surface area contributed by atoms with E-state index < -0.39 is 15.8 Å². The Morgan fingerprint density at radius 1 is 1.07 bits per heavy atom. The summed E-state index contributed by atoms with van der Waals surface area (Å²) in [5, 5.41) is 4.03. The summed E-state index contributed by atoms with van der Waals surface area (Å²) in [6, 6.07) is 10.1. The Morgan fingerprint density at radius 3 is 2.74 bits per heavy atom. The Hall–Kier alpha value is -3.53. The van der Waals surface area contributed by atoms with Gasteiger partial charge in [0.2, 0.25) is 5.95 Å². The van der Waals surface area contributed by atoms with E-state index in [1.807, 2.05) is 0 Å². The second-order valence-electron chi connectivity index (χ2n) is 5.72. The van der Waals surface area contributed by atoms with E-state index in [9.17, 15) is 12.8 Å². The van der Waals surface area contributed by atoms with Crippen molar-refractivity contribution >= 4 is 27.3 Å². The SMILES string of the molecule is Nc1nc2ccc(-c3cncc(S(=O)(=O)Nc4cccc(F)c4)c3)cn2n1. The molecule has 0 saturated heterocycles. The first-order valence-corrected chi connectivity index (χ1v) is 9.25. The molecule has 3 N–H and O–H groups in total. The van der Waals surface area contributed by atoms with Crippen LogP contribution in [0.1, 0.15) is 0 Å². The van der Waals surface area contributed by atoms with Crippen molar-refractivity contribution in [1.82, 2.24) is 19.6 Å². The second-order valence-corrected chi connectivity index (χ2v) is 7.40. The summed E-state index contributed by atoms with van der Waals surface area (Å²) in [5.41, 5.74) is 7.52. The zero-order valence-corrected chi connectivity index (χ0v) is 14.6. The Morgan fingerprint density at radius 2 is 1.93 bits per heavy atom. The highest BCUT2D eigenvalue weighted by atomic mass is 32.2. The molecule has 4 rings (SSSR count). The van der Waals surface area contributed by atoms with Crippen LogP contribution >= 0.6 is 0 Å². The summed E-state index contributed by atoms with van der Waals surface area (Å²) in [4.78, 5) is 7.99. The van der Waals surface area contributed by atoms with Crippen LogP contribution in [0.5, 0.6) is 0 Å². The highest BCUT2D eigenvalue weighted by molar-refractivity contribution is 7.92. The zero-order chi connectivity index (χ0) is 19.0. The number of hydrogen-bond donors (Lipinski definition) is 2. The maximum Gasteiger partial charge on any atom is 0.263 e. The lowest BCUT2D eigenvalue weighted by molar-refractivity contribution is 0.600. The number of nitrogens with zero attached hydrogens (tertiary/aromatic N) is 4. The molecular weight excluding hydrogens is 371 g/mol. The number of pyridine rings is 2. The Bertz CT molecular complexity index is 1260. The minimum atomic E-state index is -3.93. The topological polar surface area (TPSA) is 115 Å². The molecule has 1 aromatic carbocycles. The number of anilines is 2. The molecule has 0 aliphatic heterocycles. The number of halogens is 1. The van der Waals surface area contributed by atoms with Crippen LogP contribution in [-0.4, -0.2) is 28.0 Å². The third kappa shape index (κ3) is 3.42. The van der Waals surface area contributed by atoms with Gasteiger partial charge in [-0.1, -0.05) is 6.07 Å². The van der Waals surface area contributed by atoms with Gasteiger partial charge in [-0.05, 0) is 36.4 Å². The fraction of sp³-hybridized carbons (Fsp3) is 0. The number of rotatable bonds is 4. The van der Waals surface area contributed by atoms with Gasteiger partial charge in [-0.2, -0.15) is 4.98 Å². The quantitative estimate of drug-likeness (QED) is 0.558. The summed E-state index contributed by atoms with van der Waals surface area (Å²) in [7, 11) is -3.93. The van der Waals surface area contributed by atoms with E-state index in [4.69, 9.17) is 5.73 Å². The number of fused-ring (bicyclic) bond motifs is 1. The van der Waals surface area contributed by atoms with E-state index in [0.29, 0.717) is 16.8 Å². The molecule has 3 aromatic heterocycles. The molecule has 27 heavy (non-hydrogen) atoms. The van der Waals surface area contributed by atoms with Crippen molar-refractivity contribution in [3.05, 3.63) is 66.9 Å². The lowest BCUT2D eigenvalue weighted by Crippen LogP contribution is -2.13.